The lowest BCUT2D eigenvalue weighted by atomic mass is 10.2. The third-order valence-electron chi connectivity index (χ3n) is 3.75. The molecule has 29 heavy (non-hydrogen) atoms. The maximum absolute atomic E-state index is 12.8. The van der Waals surface area contributed by atoms with Gasteiger partial charge >= 0.3 is 6.09 Å². The molecule has 0 radical (unpaired) electrons. The minimum absolute atomic E-state index is 0.0203. The third kappa shape index (κ3) is 4.55. The lowest BCUT2D eigenvalue weighted by Gasteiger charge is -2.22. The first-order valence-electron chi connectivity index (χ1n) is 8.15. The van der Waals surface area contributed by atoms with Gasteiger partial charge in [-0.15, -0.1) is 5.10 Å². The number of methoxy groups -OCH3 is 1. The first-order chi connectivity index (χ1) is 13.6. The molecule has 3 aromatic rings. The quantitative estimate of drug-likeness (QED) is 0.537. The summed E-state index contributed by atoms with van der Waals surface area (Å²) in [4.78, 5) is 18.1. The number of anilines is 2. The van der Waals surface area contributed by atoms with Crippen LogP contribution in [0.15, 0.2) is 41.4 Å². The zero-order valence-corrected chi connectivity index (χ0v) is 17.9. The van der Waals surface area contributed by atoms with Gasteiger partial charge < -0.3 is 9.47 Å². The van der Waals surface area contributed by atoms with Gasteiger partial charge in [-0.2, -0.15) is 4.98 Å². The predicted molar refractivity (Wildman–Crippen MR) is 108 cm³/mol. The van der Waals surface area contributed by atoms with Gasteiger partial charge in [0.25, 0.3) is 5.95 Å². The first kappa shape index (κ1) is 21.2. The summed E-state index contributed by atoms with van der Waals surface area (Å²) >= 11 is 11.8. The number of halogens is 2. The molecule has 12 heteroatoms. The van der Waals surface area contributed by atoms with Crippen molar-refractivity contribution in [3.63, 3.8) is 0 Å². The molecular formula is C17H16Cl2N4O5S. The summed E-state index contributed by atoms with van der Waals surface area (Å²) < 4.78 is 35.5. The van der Waals surface area contributed by atoms with Crippen LogP contribution < -0.4 is 9.64 Å². The second kappa shape index (κ2) is 8.05. The van der Waals surface area contributed by atoms with Gasteiger partial charge in [0.1, 0.15) is 5.75 Å². The number of carbonyl (C=O) groups excluding carboxylic acids is 1. The second-order valence-corrected chi connectivity index (χ2v) is 9.00. The average Bonchev–Trinajstić information content (AvgIpc) is 3.03. The summed E-state index contributed by atoms with van der Waals surface area (Å²) in [6.45, 7) is 1.47. The van der Waals surface area contributed by atoms with E-state index in [1.165, 1.54) is 42.9 Å². The molecule has 1 unspecified atom stereocenters. The van der Waals surface area contributed by atoms with Gasteiger partial charge in [-0.3, -0.25) is 0 Å². The van der Waals surface area contributed by atoms with Crippen molar-refractivity contribution in [2.45, 2.75) is 17.4 Å². The van der Waals surface area contributed by atoms with E-state index in [-0.39, 0.29) is 22.3 Å². The Bertz CT molecular complexity index is 1180. The highest BCUT2D eigenvalue weighted by molar-refractivity contribution is 7.90. The standard InChI is InChI=1S/C17H16Cl2N4O5S/c1-10(18)28-17(24)23(16-20-15-7-4-11(19)9-22(15)21-16)13-6-5-12(29(3,25)26)8-14(13)27-2/h4-10H,1-3H3. The van der Waals surface area contributed by atoms with E-state index in [9.17, 15) is 13.2 Å². The lowest BCUT2D eigenvalue weighted by Crippen LogP contribution is -2.29. The molecule has 9 nitrogen and oxygen atoms in total. The molecule has 0 spiro atoms. The molecule has 0 fully saturated rings. The number of carbonyl (C=O) groups is 1. The smallest absolute Gasteiger partial charge is 0.423 e. The van der Waals surface area contributed by atoms with Crippen molar-refractivity contribution in [1.82, 2.24) is 14.6 Å². The maximum Gasteiger partial charge on any atom is 0.423 e. The Morgan fingerprint density at radius 1 is 1.28 bits per heavy atom. The SMILES string of the molecule is COc1cc(S(C)(=O)=O)ccc1N(C(=O)OC(C)Cl)c1nc2ccc(Cl)cn2n1. The van der Waals surface area contributed by atoms with Crippen molar-refractivity contribution < 1.29 is 22.7 Å². The Labute approximate surface area is 176 Å². The number of amides is 1. The number of hydrogen-bond donors (Lipinski definition) is 0. The highest BCUT2D eigenvalue weighted by Gasteiger charge is 2.29. The normalized spacial score (nSPS) is 12.6. The van der Waals surface area contributed by atoms with Gasteiger partial charge in [0.05, 0.1) is 22.7 Å². The predicted octanol–water partition coefficient (Wildman–Crippen LogP) is 3.65. The minimum Gasteiger partial charge on any atom is -0.495 e. The van der Waals surface area contributed by atoms with Crippen LogP contribution in [0.25, 0.3) is 5.65 Å². The van der Waals surface area contributed by atoms with Gasteiger partial charge in [-0.1, -0.05) is 23.2 Å². The molecule has 154 valence electrons. The fourth-order valence-electron chi connectivity index (χ4n) is 2.49. The first-order valence-corrected chi connectivity index (χ1v) is 10.9. The van der Waals surface area contributed by atoms with E-state index in [2.05, 4.69) is 10.1 Å². The summed E-state index contributed by atoms with van der Waals surface area (Å²) in [6, 6.07) is 7.27. The number of hydrogen-bond acceptors (Lipinski definition) is 7. The molecule has 0 aliphatic rings. The zero-order valence-electron chi connectivity index (χ0n) is 15.5. The molecule has 0 aliphatic heterocycles. The van der Waals surface area contributed by atoms with Crippen LogP contribution >= 0.6 is 23.2 Å². The largest absolute Gasteiger partial charge is 0.495 e. The minimum atomic E-state index is -3.49. The molecule has 0 saturated carbocycles. The molecule has 0 N–H and O–H groups in total. The number of alkyl halides is 1. The molecule has 1 amide bonds. The van der Waals surface area contributed by atoms with Gasteiger partial charge in [0.15, 0.2) is 21.0 Å². The Balaban J connectivity index is 2.19. The Kier molecular flexibility index (Phi) is 5.87. The fourth-order valence-corrected chi connectivity index (χ4v) is 3.36. The van der Waals surface area contributed by atoms with E-state index >= 15 is 0 Å². The maximum atomic E-state index is 12.8. The Hall–Kier alpha value is -2.56. The zero-order chi connectivity index (χ0) is 21.3. The number of fused-ring (bicyclic) bond motifs is 1. The molecule has 3 rings (SSSR count). The number of rotatable bonds is 5. The van der Waals surface area contributed by atoms with Gasteiger partial charge in [-0.05, 0) is 31.2 Å². The summed E-state index contributed by atoms with van der Waals surface area (Å²) in [5.74, 6) is 0.0592. The van der Waals surface area contributed by atoms with Crippen LogP contribution in [0.2, 0.25) is 5.02 Å². The van der Waals surface area contributed by atoms with E-state index in [4.69, 9.17) is 32.7 Å². The summed E-state index contributed by atoms with van der Waals surface area (Å²) in [5.41, 5.74) is -0.338. The summed E-state index contributed by atoms with van der Waals surface area (Å²) in [7, 11) is -2.15. The molecule has 1 aromatic carbocycles. The monoisotopic (exact) mass is 458 g/mol. The number of sulfone groups is 1. The molecule has 0 saturated heterocycles. The lowest BCUT2D eigenvalue weighted by molar-refractivity contribution is 0.148. The van der Waals surface area contributed by atoms with Crippen LogP contribution in [0.1, 0.15) is 6.92 Å². The van der Waals surface area contributed by atoms with E-state index in [1.54, 1.807) is 12.1 Å². The van der Waals surface area contributed by atoms with Crippen LogP contribution in [-0.2, 0) is 14.6 Å². The highest BCUT2D eigenvalue weighted by Crippen LogP contribution is 2.35. The third-order valence-corrected chi connectivity index (χ3v) is 5.17. The van der Waals surface area contributed by atoms with E-state index in [0.29, 0.717) is 10.7 Å². The topological polar surface area (TPSA) is 103 Å². The Morgan fingerprint density at radius 2 is 2.00 bits per heavy atom. The number of pyridine rings is 1. The fraction of sp³-hybridized carbons (Fsp3) is 0.235. The number of nitrogens with zero attached hydrogens (tertiary/aromatic N) is 4. The van der Waals surface area contributed by atoms with Crippen molar-refractivity contribution in [1.29, 1.82) is 0 Å². The average molecular weight is 459 g/mol. The van der Waals surface area contributed by atoms with Crippen molar-refractivity contribution in [2.75, 3.05) is 18.3 Å². The van der Waals surface area contributed by atoms with Crippen molar-refractivity contribution in [3.8, 4) is 5.75 Å². The molecule has 2 heterocycles. The van der Waals surface area contributed by atoms with Crippen molar-refractivity contribution in [2.24, 2.45) is 0 Å². The van der Waals surface area contributed by atoms with Crippen LogP contribution in [0, 0.1) is 0 Å². The second-order valence-electron chi connectivity index (χ2n) is 5.93. The van der Waals surface area contributed by atoms with Gasteiger partial charge in [0.2, 0.25) is 0 Å². The number of aromatic nitrogens is 3. The van der Waals surface area contributed by atoms with E-state index in [1.807, 2.05) is 0 Å². The van der Waals surface area contributed by atoms with E-state index < -0.39 is 21.5 Å². The van der Waals surface area contributed by atoms with Gasteiger partial charge in [0, 0.05) is 18.5 Å². The van der Waals surface area contributed by atoms with Crippen LogP contribution in [0.4, 0.5) is 16.4 Å². The molecule has 1 atom stereocenters. The van der Waals surface area contributed by atoms with E-state index in [0.717, 1.165) is 11.2 Å². The van der Waals surface area contributed by atoms with Crippen molar-refractivity contribution >= 4 is 56.4 Å². The van der Waals surface area contributed by atoms with Crippen molar-refractivity contribution in [3.05, 3.63) is 41.6 Å². The van der Waals surface area contributed by atoms with Gasteiger partial charge in [-0.25, -0.2) is 22.6 Å². The van der Waals surface area contributed by atoms with Crippen LogP contribution in [-0.4, -0.2) is 48.0 Å². The highest BCUT2D eigenvalue weighted by atomic mass is 35.5. The number of benzene rings is 1. The molecule has 2 aromatic heterocycles. The number of ether oxygens (including phenoxy) is 2. The molecule has 0 bridgehead atoms. The molecular weight excluding hydrogens is 443 g/mol. The van der Waals surface area contributed by atoms with Crippen LogP contribution in [0.5, 0.6) is 5.75 Å². The molecule has 0 aliphatic carbocycles. The summed E-state index contributed by atoms with van der Waals surface area (Å²) in [5, 5.41) is 4.68. The van der Waals surface area contributed by atoms with Crippen LogP contribution in [0.3, 0.4) is 0 Å². The summed E-state index contributed by atoms with van der Waals surface area (Å²) in [6.07, 6.45) is 1.71. The Morgan fingerprint density at radius 3 is 2.62 bits per heavy atom.